The summed E-state index contributed by atoms with van der Waals surface area (Å²) in [5.41, 5.74) is 6.42. The van der Waals surface area contributed by atoms with Crippen LogP contribution >= 0.6 is 0 Å². The molecular formula is C24H26O4. The van der Waals surface area contributed by atoms with Crippen LogP contribution < -0.4 is 9.47 Å². The second kappa shape index (κ2) is 8.09. The Morgan fingerprint density at radius 3 is 2.82 bits per heavy atom. The van der Waals surface area contributed by atoms with Crippen LogP contribution in [0.15, 0.2) is 42.5 Å². The van der Waals surface area contributed by atoms with Gasteiger partial charge in [-0.05, 0) is 67.0 Å². The maximum Gasteiger partial charge on any atom is 0.304 e. The van der Waals surface area contributed by atoms with E-state index in [9.17, 15) is 4.79 Å². The number of ether oxygens (including phenoxy) is 2. The molecular weight excluding hydrogens is 352 g/mol. The first kappa shape index (κ1) is 18.6. The molecule has 0 spiro atoms. The number of fused-ring (bicyclic) bond motifs is 2. The molecule has 1 aliphatic heterocycles. The average molecular weight is 378 g/mol. The van der Waals surface area contributed by atoms with Gasteiger partial charge in [0, 0.05) is 17.5 Å². The predicted octanol–water partition coefficient (Wildman–Crippen LogP) is 5.00. The van der Waals surface area contributed by atoms with Gasteiger partial charge in [0.05, 0.1) is 13.0 Å². The number of carboxylic acids is 1. The summed E-state index contributed by atoms with van der Waals surface area (Å²) in [6, 6.07) is 12.5. The Morgan fingerprint density at radius 1 is 1.18 bits per heavy atom. The van der Waals surface area contributed by atoms with Gasteiger partial charge in [0.1, 0.15) is 18.1 Å². The van der Waals surface area contributed by atoms with Crippen LogP contribution in [0.1, 0.15) is 54.4 Å². The lowest BCUT2D eigenvalue weighted by Gasteiger charge is -2.16. The molecule has 0 saturated carbocycles. The average Bonchev–Trinajstić information content (AvgIpc) is 3.09. The summed E-state index contributed by atoms with van der Waals surface area (Å²) in [5.74, 6) is 0.598. The number of aliphatic carboxylic acids is 1. The molecule has 4 heteroatoms. The van der Waals surface area contributed by atoms with Crippen LogP contribution in [-0.4, -0.2) is 24.3 Å². The molecule has 1 unspecified atom stereocenters. The third-order valence-electron chi connectivity index (χ3n) is 5.73. The van der Waals surface area contributed by atoms with Crippen LogP contribution in [0.4, 0.5) is 0 Å². The second-order valence-corrected chi connectivity index (χ2v) is 7.69. The smallest absolute Gasteiger partial charge is 0.304 e. The molecule has 4 nitrogen and oxygen atoms in total. The van der Waals surface area contributed by atoms with E-state index in [0.29, 0.717) is 13.2 Å². The number of hydrogen-bond acceptors (Lipinski definition) is 3. The molecule has 1 heterocycles. The second-order valence-electron chi connectivity index (χ2n) is 7.69. The number of rotatable bonds is 6. The highest BCUT2D eigenvalue weighted by molar-refractivity contribution is 5.69. The van der Waals surface area contributed by atoms with Gasteiger partial charge in [-0.2, -0.15) is 0 Å². The zero-order chi connectivity index (χ0) is 19.5. The van der Waals surface area contributed by atoms with Crippen molar-refractivity contribution in [1.29, 1.82) is 0 Å². The molecule has 2 aromatic carbocycles. The van der Waals surface area contributed by atoms with E-state index in [1.807, 2.05) is 18.2 Å². The van der Waals surface area contributed by atoms with E-state index in [0.717, 1.165) is 17.1 Å². The molecule has 28 heavy (non-hydrogen) atoms. The molecule has 1 aliphatic carbocycles. The minimum absolute atomic E-state index is 0.0762. The summed E-state index contributed by atoms with van der Waals surface area (Å²) < 4.78 is 11.5. The normalized spacial score (nSPS) is 18.2. The van der Waals surface area contributed by atoms with Crippen LogP contribution in [0, 0.1) is 0 Å². The van der Waals surface area contributed by atoms with Crippen molar-refractivity contribution in [2.24, 2.45) is 0 Å². The molecule has 0 radical (unpaired) electrons. The van der Waals surface area contributed by atoms with Crippen LogP contribution in [0.3, 0.4) is 0 Å². The lowest BCUT2D eigenvalue weighted by atomic mass is 9.89. The monoisotopic (exact) mass is 378 g/mol. The number of benzene rings is 2. The minimum Gasteiger partial charge on any atom is -0.492 e. The topological polar surface area (TPSA) is 55.8 Å². The van der Waals surface area contributed by atoms with E-state index in [-0.39, 0.29) is 12.3 Å². The summed E-state index contributed by atoms with van der Waals surface area (Å²) in [6.07, 6.45) is 7.18. The van der Waals surface area contributed by atoms with E-state index < -0.39 is 5.97 Å². The molecule has 4 rings (SSSR count). The maximum absolute atomic E-state index is 10.9. The standard InChI is InChI=1S/C24H26O4/c1-16(18-7-6-17-4-2-3-5-19(17)12-18)10-11-27-21-8-9-22-20(13-24(25)26)15-28-23(22)14-21/h6-10,12,14,20H,2-5,11,13,15H2,1H3,(H,25,26). The first-order valence-electron chi connectivity index (χ1n) is 10.0. The third kappa shape index (κ3) is 4.06. The van der Waals surface area contributed by atoms with Gasteiger partial charge in [-0.15, -0.1) is 0 Å². The van der Waals surface area contributed by atoms with E-state index >= 15 is 0 Å². The Bertz CT molecular complexity index is 913. The van der Waals surface area contributed by atoms with E-state index in [4.69, 9.17) is 14.6 Å². The largest absolute Gasteiger partial charge is 0.492 e. The molecule has 2 aromatic rings. The summed E-state index contributed by atoms with van der Waals surface area (Å²) in [4.78, 5) is 10.9. The van der Waals surface area contributed by atoms with Crippen molar-refractivity contribution in [3.8, 4) is 11.5 Å². The van der Waals surface area contributed by atoms with Gasteiger partial charge in [-0.25, -0.2) is 0 Å². The molecule has 1 atom stereocenters. The van der Waals surface area contributed by atoms with E-state index in [1.54, 1.807) is 0 Å². The Balaban J connectivity index is 1.39. The summed E-state index contributed by atoms with van der Waals surface area (Å²) in [6.45, 7) is 3.03. The summed E-state index contributed by atoms with van der Waals surface area (Å²) >= 11 is 0. The summed E-state index contributed by atoms with van der Waals surface area (Å²) in [7, 11) is 0. The molecule has 0 bridgehead atoms. The zero-order valence-electron chi connectivity index (χ0n) is 16.2. The molecule has 2 aliphatic rings. The van der Waals surface area contributed by atoms with Crippen molar-refractivity contribution in [1.82, 2.24) is 0 Å². The highest BCUT2D eigenvalue weighted by Gasteiger charge is 2.26. The van der Waals surface area contributed by atoms with E-state index in [1.165, 1.54) is 47.9 Å². The number of carbonyl (C=O) groups is 1. The van der Waals surface area contributed by atoms with Gasteiger partial charge in [-0.1, -0.05) is 24.3 Å². The Hall–Kier alpha value is -2.75. The van der Waals surface area contributed by atoms with Crippen LogP contribution in [0.25, 0.3) is 5.57 Å². The van der Waals surface area contributed by atoms with Gasteiger partial charge >= 0.3 is 5.97 Å². The van der Waals surface area contributed by atoms with Gasteiger partial charge < -0.3 is 14.6 Å². The number of aryl methyl sites for hydroxylation is 2. The van der Waals surface area contributed by atoms with Gasteiger partial charge in [0.2, 0.25) is 0 Å². The van der Waals surface area contributed by atoms with Crippen molar-refractivity contribution in [3.63, 3.8) is 0 Å². The Labute approximate surface area is 165 Å². The predicted molar refractivity (Wildman–Crippen MR) is 109 cm³/mol. The van der Waals surface area contributed by atoms with E-state index in [2.05, 4.69) is 31.2 Å². The lowest BCUT2D eigenvalue weighted by Crippen LogP contribution is -2.07. The van der Waals surface area contributed by atoms with Crippen molar-refractivity contribution in [2.75, 3.05) is 13.2 Å². The highest BCUT2D eigenvalue weighted by Crippen LogP contribution is 2.38. The Kier molecular flexibility index (Phi) is 5.38. The third-order valence-corrected chi connectivity index (χ3v) is 5.73. The first-order chi connectivity index (χ1) is 13.6. The molecule has 0 saturated heterocycles. The highest BCUT2D eigenvalue weighted by atomic mass is 16.5. The molecule has 0 fully saturated rings. The van der Waals surface area contributed by atoms with Crippen molar-refractivity contribution in [2.45, 2.75) is 44.9 Å². The zero-order valence-corrected chi connectivity index (χ0v) is 16.2. The number of carboxylic acid groups (broad SMARTS) is 1. The number of allylic oxidation sites excluding steroid dienone is 1. The van der Waals surface area contributed by atoms with Gasteiger partial charge in [0.15, 0.2) is 0 Å². The molecule has 1 N–H and O–H groups in total. The van der Waals surface area contributed by atoms with Crippen molar-refractivity contribution in [3.05, 3.63) is 64.7 Å². The molecule has 0 amide bonds. The molecule has 0 aromatic heterocycles. The van der Waals surface area contributed by atoms with Crippen molar-refractivity contribution >= 4 is 11.5 Å². The van der Waals surface area contributed by atoms with Crippen LogP contribution in [0.2, 0.25) is 0 Å². The fourth-order valence-electron chi connectivity index (χ4n) is 4.09. The van der Waals surface area contributed by atoms with Crippen LogP contribution in [-0.2, 0) is 17.6 Å². The Morgan fingerprint density at radius 2 is 2.00 bits per heavy atom. The quantitative estimate of drug-likeness (QED) is 0.769. The summed E-state index contributed by atoms with van der Waals surface area (Å²) in [5, 5.41) is 8.99. The first-order valence-corrected chi connectivity index (χ1v) is 10.0. The molecule has 146 valence electrons. The SMILES string of the molecule is CC(=CCOc1ccc2c(c1)OCC2CC(=O)O)c1ccc2c(c1)CCCC2. The van der Waals surface area contributed by atoms with Crippen molar-refractivity contribution < 1.29 is 19.4 Å². The number of hydrogen-bond donors (Lipinski definition) is 1. The fraction of sp³-hybridized carbons (Fsp3) is 0.375. The maximum atomic E-state index is 10.9. The van der Waals surface area contributed by atoms with Gasteiger partial charge in [-0.3, -0.25) is 4.79 Å². The minimum atomic E-state index is -0.801. The fourth-order valence-corrected chi connectivity index (χ4v) is 4.09. The van der Waals surface area contributed by atoms with Gasteiger partial charge in [0.25, 0.3) is 0 Å². The lowest BCUT2D eigenvalue weighted by molar-refractivity contribution is -0.137. The van der Waals surface area contributed by atoms with Crippen LogP contribution in [0.5, 0.6) is 11.5 Å².